The van der Waals surface area contributed by atoms with E-state index in [4.69, 9.17) is 14.2 Å². The van der Waals surface area contributed by atoms with Gasteiger partial charge in [0.05, 0.1) is 19.4 Å². The number of carbonyl (C=O) groups is 2. The third kappa shape index (κ3) is 6.33. The minimum absolute atomic E-state index is 0.172. The highest BCUT2D eigenvalue weighted by atomic mass is 16.5. The van der Waals surface area contributed by atoms with Crippen LogP contribution in [0.1, 0.15) is 24.5 Å². The van der Waals surface area contributed by atoms with E-state index in [9.17, 15) is 9.59 Å². The summed E-state index contributed by atoms with van der Waals surface area (Å²) in [6.45, 7) is 4.04. The van der Waals surface area contributed by atoms with Crippen molar-refractivity contribution >= 4 is 17.6 Å². The normalized spacial score (nSPS) is 10.2. The van der Waals surface area contributed by atoms with Crippen LogP contribution >= 0.6 is 0 Å². The lowest BCUT2D eigenvalue weighted by molar-refractivity contribution is -0.147. The third-order valence-electron chi connectivity index (χ3n) is 3.86. The predicted octanol–water partition coefficient (Wildman–Crippen LogP) is 3.52. The number of rotatable bonds is 9. The van der Waals surface area contributed by atoms with E-state index < -0.39 is 11.9 Å². The van der Waals surface area contributed by atoms with Crippen LogP contribution in [0.5, 0.6) is 11.5 Å². The Hall–Kier alpha value is -3.02. The van der Waals surface area contributed by atoms with E-state index in [0.29, 0.717) is 24.5 Å². The van der Waals surface area contributed by atoms with Gasteiger partial charge in [0, 0.05) is 6.42 Å². The molecule has 0 radical (unpaired) electrons. The van der Waals surface area contributed by atoms with Gasteiger partial charge < -0.3 is 19.5 Å². The zero-order valence-electron chi connectivity index (χ0n) is 15.9. The average molecular weight is 371 g/mol. The van der Waals surface area contributed by atoms with Crippen LogP contribution in [-0.2, 0) is 20.7 Å². The number of aryl methyl sites for hydroxylation is 2. The smallest absolute Gasteiger partial charge is 0.306 e. The number of esters is 1. The number of nitrogens with one attached hydrogen (secondary N) is 1. The zero-order valence-corrected chi connectivity index (χ0v) is 15.9. The number of benzene rings is 2. The molecule has 2 rings (SSSR count). The highest BCUT2D eigenvalue weighted by molar-refractivity contribution is 5.94. The average Bonchev–Trinajstić information content (AvgIpc) is 2.66. The van der Waals surface area contributed by atoms with E-state index in [0.717, 1.165) is 16.9 Å². The lowest BCUT2D eigenvalue weighted by Gasteiger charge is -2.12. The molecule has 6 heteroatoms. The minimum Gasteiger partial charge on any atom is -0.495 e. The summed E-state index contributed by atoms with van der Waals surface area (Å²) >= 11 is 0. The quantitative estimate of drug-likeness (QED) is 0.683. The van der Waals surface area contributed by atoms with Gasteiger partial charge in [-0.1, -0.05) is 24.3 Å². The van der Waals surface area contributed by atoms with Crippen molar-refractivity contribution in [3.63, 3.8) is 0 Å². The van der Waals surface area contributed by atoms with Gasteiger partial charge in [0.25, 0.3) is 5.91 Å². The molecule has 6 nitrogen and oxygen atoms in total. The molecule has 144 valence electrons. The Morgan fingerprint density at radius 1 is 1.07 bits per heavy atom. The van der Waals surface area contributed by atoms with Crippen molar-refractivity contribution in [3.8, 4) is 11.5 Å². The lowest BCUT2D eigenvalue weighted by Crippen LogP contribution is -2.21. The van der Waals surface area contributed by atoms with Crippen molar-refractivity contribution in [3.05, 3.63) is 53.6 Å². The van der Waals surface area contributed by atoms with Gasteiger partial charge in [-0.2, -0.15) is 0 Å². The summed E-state index contributed by atoms with van der Waals surface area (Å²) in [6, 6.07) is 13.0. The highest BCUT2D eigenvalue weighted by Crippen LogP contribution is 2.25. The van der Waals surface area contributed by atoms with E-state index in [1.165, 1.54) is 7.11 Å². The first kappa shape index (κ1) is 20.3. The standard InChI is InChI=1S/C21H25NO5/c1-4-26-18-8-6-5-7-16(18)10-12-21(24)27-14-20(23)22-17-13-15(2)9-11-19(17)25-3/h5-9,11,13H,4,10,12,14H2,1-3H3,(H,22,23). The Balaban J connectivity index is 1.82. The first-order valence-corrected chi connectivity index (χ1v) is 8.84. The summed E-state index contributed by atoms with van der Waals surface area (Å²) in [5.74, 6) is 0.458. The molecule has 0 atom stereocenters. The van der Waals surface area contributed by atoms with Crippen LogP contribution in [0.25, 0.3) is 0 Å². The Bertz CT molecular complexity index is 788. The van der Waals surface area contributed by atoms with Gasteiger partial charge in [-0.25, -0.2) is 0 Å². The van der Waals surface area contributed by atoms with E-state index in [-0.39, 0.29) is 13.0 Å². The largest absolute Gasteiger partial charge is 0.495 e. The van der Waals surface area contributed by atoms with Crippen LogP contribution in [0.3, 0.4) is 0 Å². The van der Waals surface area contributed by atoms with Gasteiger partial charge >= 0.3 is 5.97 Å². The highest BCUT2D eigenvalue weighted by Gasteiger charge is 2.12. The zero-order chi connectivity index (χ0) is 19.6. The van der Waals surface area contributed by atoms with Crippen molar-refractivity contribution in [2.75, 3.05) is 25.6 Å². The summed E-state index contributed by atoms with van der Waals surface area (Å²) < 4.78 is 15.8. The van der Waals surface area contributed by atoms with E-state index in [2.05, 4.69) is 5.32 Å². The molecule has 2 aromatic rings. The monoisotopic (exact) mass is 371 g/mol. The van der Waals surface area contributed by atoms with Gasteiger partial charge in [0.15, 0.2) is 6.61 Å². The van der Waals surface area contributed by atoms with E-state index in [1.54, 1.807) is 12.1 Å². The van der Waals surface area contributed by atoms with Crippen LogP contribution in [0.4, 0.5) is 5.69 Å². The number of hydrogen-bond acceptors (Lipinski definition) is 5. The summed E-state index contributed by atoms with van der Waals surface area (Å²) in [5.41, 5.74) is 2.46. The molecule has 0 heterocycles. The molecule has 0 saturated heterocycles. The minimum atomic E-state index is -0.437. The summed E-state index contributed by atoms with van der Waals surface area (Å²) in [4.78, 5) is 24.0. The van der Waals surface area contributed by atoms with Crippen LogP contribution in [-0.4, -0.2) is 32.2 Å². The number of para-hydroxylation sites is 1. The van der Waals surface area contributed by atoms with Gasteiger partial charge in [-0.3, -0.25) is 9.59 Å². The maximum absolute atomic E-state index is 12.0. The molecular weight excluding hydrogens is 346 g/mol. The molecule has 0 aliphatic carbocycles. The van der Waals surface area contributed by atoms with Crippen molar-refractivity contribution in [1.82, 2.24) is 0 Å². The van der Waals surface area contributed by atoms with Crippen LogP contribution in [0, 0.1) is 6.92 Å². The van der Waals surface area contributed by atoms with Crippen LogP contribution < -0.4 is 14.8 Å². The molecule has 1 amide bonds. The molecule has 2 aromatic carbocycles. The number of ether oxygens (including phenoxy) is 3. The molecule has 0 spiro atoms. The Labute approximate surface area is 159 Å². The molecule has 0 aliphatic rings. The van der Waals surface area contributed by atoms with Gasteiger partial charge in [0.1, 0.15) is 11.5 Å². The lowest BCUT2D eigenvalue weighted by atomic mass is 10.1. The second-order valence-corrected chi connectivity index (χ2v) is 5.95. The van der Waals surface area contributed by atoms with Crippen molar-refractivity contribution in [1.29, 1.82) is 0 Å². The van der Waals surface area contributed by atoms with Gasteiger partial charge in [-0.05, 0) is 49.6 Å². The van der Waals surface area contributed by atoms with Crippen molar-refractivity contribution < 1.29 is 23.8 Å². The molecule has 0 fully saturated rings. The predicted molar refractivity (Wildman–Crippen MR) is 103 cm³/mol. The molecule has 0 saturated carbocycles. The first-order valence-electron chi connectivity index (χ1n) is 8.84. The fourth-order valence-corrected chi connectivity index (χ4v) is 2.57. The Morgan fingerprint density at radius 3 is 2.59 bits per heavy atom. The SMILES string of the molecule is CCOc1ccccc1CCC(=O)OCC(=O)Nc1cc(C)ccc1OC. The Kier molecular flexibility index (Phi) is 7.67. The number of anilines is 1. The maximum atomic E-state index is 12.0. The van der Waals surface area contributed by atoms with E-state index >= 15 is 0 Å². The molecule has 0 aromatic heterocycles. The van der Waals surface area contributed by atoms with Crippen LogP contribution in [0.15, 0.2) is 42.5 Å². The first-order chi connectivity index (χ1) is 13.0. The van der Waals surface area contributed by atoms with Gasteiger partial charge in [-0.15, -0.1) is 0 Å². The van der Waals surface area contributed by atoms with Crippen molar-refractivity contribution in [2.24, 2.45) is 0 Å². The summed E-state index contributed by atoms with van der Waals surface area (Å²) in [5, 5.41) is 2.70. The number of hydrogen-bond donors (Lipinski definition) is 1. The maximum Gasteiger partial charge on any atom is 0.306 e. The topological polar surface area (TPSA) is 73.9 Å². The Morgan fingerprint density at radius 2 is 1.85 bits per heavy atom. The van der Waals surface area contributed by atoms with Crippen LogP contribution in [0.2, 0.25) is 0 Å². The number of amides is 1. The number of methoxy groups -OCH3 is 1. The molecule has 0 bridgehead atoms. The number of carbonyl (C=O) groups excluding carboxylic acids is 2. The molecule has 0 aliphatic heterocycles. The molecule has 27 heavy (non-hydrogen) atoms. The summed E-state index contributed by atoms with van der Waals surface area (Å²) in [6.07, 6.45) is 0.660. The second kappa shape index (κ2) is 10.2. The van der Waals surface area contributed by atoms with Gasteiger partial charge in [0.2, 0.25) is 0 Å². The fourth-order valence-electron chi connectivity index (χ4n) is 2.57. The van der Waals surface area contributed by atoms with E-state index in [1.807, 2.05) is 44.2 Å². The molecular formula is C21H25NO5. The van der Waals surface area contributed by atoms with Crippen molar-refractivity contribution in [2.45, 2.75) is 26.7 Å². The molecule has 1 N–H and O–H groups in total. The molecule has 0 unspecified atom stereocenters. The second-order valence-electron chi connectivity index (χ2n) is 5.95. The third-order valence-corrected chi connectivity index (χ3v) is 3.86. The summed E-state index contributed by atoms with van der Waals surface area (Å²) in [7, 11) is 1.53. The fraction of sp³-hybridized carbons (Fsp3) is 0.333.